The molecule has 1 aromatic carbocycles. The van der Waals surface area contributed by atoms with Gasteiger partial charge in [-0.05, 0) is 43.2 Å². The first-order valence-electron chi connectivity index (χ1n) is 5.84. The van der Waals surface area contributed by atoms with E-state index in [0.717, 1.165) is 12.3 Å². The van der Waals surface area contributed by atoms with Gasteiger partial charge in [0.1, 0.15) is 5.78 Å². The Labute approximate surface area is 91.5 Å². The molecule has 0 spiro atoms. The molecule has 0 aliphatic heterocycles. The van der Waals surface area contributed by atoms with Gasteiger partial charge in [-0.3, -0.25) is 0 Å². The van der Waals surface area contributed by atoms with Crippen LogP contribution in [0, 0.1) is 0 Å². The number of aryl methyl sites for hydroxylation is 1. The lowest BCUT2D eigenvalue weighted by Gasteiger charge is -2.26. The molecule has 1 nitrogen and oxygen atoms in total. The van der Waals surface area contributed by atoms with E-state index in [1.165, 1.54) is 30.4 Å². The summed E-state index contributed by atoms with van der Waals surface area (Å²) in [6, 6.07) is 8.77. The molecule has 1 aliphatic carbocycles. The normalized spacial score (nSPS) is 16.1. The molecule has 1 saturated carbocycles. The maximum atomic E-state index is 10.9. The second kappa shape index (κ2) is 4.61. The van der Waals surface area contributed by atoms with Crippen molar-refractivity contribution in [1.82, 2.24) is 0 Å². The Morgan fingerprint density at radius 2 is 2.20 bits per heavy atom. The minimum atomic E-state index is 0.282. The van der Waals surface area contributed by atoms with Crippen LogP contribution in [0.15, 0.2) is 24.3 Å². The maximum absolute atomic E-state index is 10.9. The molecule has 1 aromatic rings. The number of rotatable bonds is 4. The molecular weight excluding hydrogens is 184 g/mol. The lowest BCUT2D eigenvalue weighted by Crippen LogP contribution is -2.08. The number of ketones is 1. The number of benzene rings is 1. The summed E-state index contributed by atoms with van der Waals surface area (Å²) in [5.41, 5.74) is 2.79. The standard InChI is InChI=1S/C14H18O/c1-11(15)8-9-12-4-2-7-14(10-12)13-5-3-6-13/h2,4,7,10,13H,3,5-6,8-9H2,1H3. The number of hydrogen-bond donors (Lipinski definition) is 0. The van der Waals surface area contributed by atoms with Crippen molar-refractivity contribution >= 4 is 5.78 Å². The maximum Gasteiger partial charge on any atom is 0.130 e. The van der Waals surface area contributed by atoms with Crippen LogP contribution >= 0.6 is 0 Å². The third kappa shape index (κ3) is 2.68. The fourth-order valence-electron chi connectivity index (χ4n) is 2.06. The van der Waals surface area contributed by atoms with Crippen molar-refractivity contribution < 1.29 is 4.79 Å². The van der Waals surface area contributed by atoms with Gasteiger partial charge >= 0.3 is 0 Å². The molecule has 0 saturated heterocycles. The highest BCUT2D eigenvalue weighted by Crippen LogP contribution is 2.36. The predicted molar refractivity (Wildman–Crippen MR) is 62.0 cm³/mol. The summed E-state index contributed by atoms with van der Waals surface area (Å²) < 4.78 is 0. The highest BCUT2D eigenvalue weighted by molar-refractivity contribution is 5.75. The molecule has 2 rings (SSSR count). The first-order chi connectivity index (χ1) is 7.25. The van der Waals surface area contributed by atoms with Crippen molar-refractivity contribution in [2.75, 3.05) is 0 Å². The van der Waals surface area contributed by atoms with Crippen LogP contribution in [0.25, 0.3) is 0 Å². The van der Waals surface area contributed by atoms with Gasteiger partial charge < -0.3 is 4.79 Å². The minimum Gasteiger partial charge on any atom is -0.300 e. The molecule has 1 fully saturated rings. The highest BCUT2D eigenvalue weighted by Gasteiger charge is 2.19. The molecule has 0 aromatic heterocycles. The van der Waals surface area contributed by atoms with Gasteiger partial charge in [-0.15, -0.1) is 0 Å². The number of carbonyl (C=O) groups is 1. The van der Waals surface area contributed by atoms with Crippen molar-refractivity contribution in [1.29, 1.82) is 0 Å². The van der Waals surface area contributed by atoms with Crippen molar-refractivity contribution in [3.63, 3.8) is 0 Å². The predicted octanol–water partition coefficient (Wildman–Crippen LogP) is 3.48. The zero-order valence-electron chi connectivity index (χ0n) is 9.33. The Morgan fingerprint density at radius 3 is 2.80 bits per heavy atom. The largest absolute Gasteiger partial charge is 0.300 e. The molecular formula is C14H18O. The summed E-state index contributed by atoms with van der Waals surface area (Å²) in [6.45, 7) is 1.66. The van der Waals surface area contributed by atoms with E-state index in [9.17, 15) is 4.79 Å². The molecule has 1 heteroatoms. The molecule has 80 valence electrons. The second-order valence-electron chi connectivity index (χ2n) is 4.57. The van der Waals surface area contributed by atoms with Crippen LogP contribution in [0.2, 0.25) is 0 Å². The second-order valence-corrected chi connectivity index (χ2v) is 4.57. The van der Waals surface area contributed by atoms with Crippen LogP contribution in [0.1, 0.15) is 49.7 Å². The molecule has 0 amide bonds. The van der Waals surface area contributed by atoms with E-state index >= 15 is 0 Å². The zero-order valence-corrected chi connectivity index (χ0v) is 9.33. The lowest BCUT2D eigenvalue weighted by molar-refractivity contribution is -0.116. The van der Waals surface area contributed by atoms with E-state index in [1.807, 2.05) is 0 Å². The van der Waals surface area contributed by atoms with Crippen molar-refractivity contribution in [3.8, 4) is 0 Å². The van der Waals surface area contributed by atoms with Crippen LogP contribution in [-0.2, 0) is 11.2 Å². The van der Waals surface area contributed by atoms with Gasteiger partial charge in [0, 0.05) is 6.42 Å². The third-order valence-electron chi connectivity index (χ3n) is 3.29. The molecule has 0 radical (unpaired) electrons. The van der Waals surface area contributed by atoms with Crippen LogP contribution in [0.5, 0.6) is 0 Å². The molecule has 0 unspecified atom stereocenters. The van der Waals surface area contributed by atoms with Gasteiger partial charge in [-0.1, -0.05) is 30.7 Å². The fraction of sp³-hybridized carbons (Fsp3) is 0.500. The smallest absolute Gasteiger partial charge is 0.130 e. The summed E-state index contributed by atoms with van der Waals surface area (Å²) in [7, 11) is 0. The SMILES string of the molecule is CC(=O)CCc1cccc(C2CCC2)c1. The summed E-state index contributed by atoms with van der Waals surface area (Å²) >= 11 is 0. The van der Waals surface area contributed by atoms with E-state index in [-0.39, 0.29) is 5.78 Å². The summed E-state index contributed by atoms with van der Waals surface area (Å²) in [5, 5.41) is 0. The molecule has 0 bridgehead atoms. The van der Waals surface area contributed by atoms with Gasteiger partial charge in [0.15, 0.2) is 0 Å². The Morgan fingerprint density at radius 1 is 1.40 bits per heavy atom. The van der Waals surface area contributed by atoms with Crippen LogP contribution < -0.4 is 0 Å². The first-order valence-corrected chi connectivity index (χ1v) is 5.84. The first kappa shape index (κ1) is 10.4. The average Bonchev–Trinajstić information content (AvgIpc) is 2.13. The number of hydrogen-bond acceptors (Lipinski definition) is 1. The van der Waals surface area contributed by atoms with Gasteiger partial charge in [-0.25, -0.2) is 0 Å². The van der Waals surface area contributed by atoms with E-state index < -0.39 is 0 Å². The number of Topliss-reactive ketones (excluding diaryl/α,β-unsaturated/α-hetero) is 1. The molecule has 0 atom stereocenters. The molecule has 0 N–H and O–H groups in total. The van der Waals surface area contributed by atoms with E-state index in [4.69, 9.17) is 0 Å². The van der Waals surface area contributed by atoms with E-state index in [1.54, 1.807) is 6.92 Å². The minimum absolute atomic E-state index is 0.282. The van der Waals surface area contributed by atoms with Crippen molar-refractivity contribution in [2.24, 2.45) is 0 Å². The van der Waals surface area contributed by atoms with Gasteiger partial charge in [0.2, 0.25) is 0 Å². The lowest BCUT2D eigenvalue weighted by atomic mass is 9.79. The summed E-state index contributed by atoms with van der Waals surface area (Å²) in [5.74, 6) is 1.08. The quantitative estimate of drug-likeness (QED) is 0.730. The van der Waals surface area contributed by atoms with E-state index in [0.29, 0.717) is 6.42 Å². The van der Waals surface area contributed by atoms with Crippen LogP contribution in [-0.4, -0.2) is 5.78 Å². The molecule has 15 heavy (non-hydrogen) atoms. The van der Waals surface area contributed by atoms with Gasteiger partial charge in [-0.2, -0.15) is 0 Å². The monoisotopic (exact) mass is 202 g/mol. The Bertz CT molecular complexity index is 350. The Kier molecular flexibility index (Phi) is 3.20. The van der Waals surface area contributed by atoms with E-state index in [2.05, 4.69) is 24.3 Å². The van der Waals surface area contributed by atoms with Crippen molar-refractivity contribution in [3.05, 3.63) is 35.4 Å². The number of carbonyl (C=O) groups excluding carboxylic acids is 1. The van der Waals surface area contributed by atoms with Gasteiger partial charge in [0.05, 0.1) is 0 Å². The zero-order chi connectivity index (χ0) is 10.7. The Balaban J connectivity index is 2.01. The molecule has 1 aliphatic rings. The van der Waals surface area contributed by atoms with Crippen LogP contribution in [0.3, 0.4) is 0 Å². The fourth-order valence-corrected chi connectivity index (χ4v) is 2.06. The van der Waals surface area contributed by atoms with Gasteiger partial charge in [0.25, 0.3) is 0 Å². The average molecular weight is 202 g/mol. The topological polar surface area (TPSA) is 17.1 Å². The highest BCUT2D eigenvalue weighted by atomic mass is 16.1. The molecule has 0 heterocycles. The summed E-state index contributed by atoms with van der Waals surface area (Å²) in [4.78, 5) is 10.9. The Hall–Kier alpha value is -1.11. The summed E-state index contributed by atoms with van der Waals surface area (Å²) in [6.07, 6.45) is 5.64. The third-order valence-corrected chi connectivity index (χ3v) is 3.29. The van der Waals surface area contributed by atoms with Crippen LogP contribution in [0.4, 0.5) is 0 Å². The van der Waals surface area contributed by atoms with Crippen molar-refractivity contribution in [2.45, 2.75) is 44.9 Å².